The maximum Gasteiger partial charge on any atom is 0.303 e. The number of aliphatic carboxylic acids is 1. The molecule has 6 amide bonds. The summed E-state index contributed by atoms with van der Waals surface area (Å²) in [5.74, 6) is -6.59. The molecule has 0 aliphatic carbocycles. The number of hydrogen-bond donors (Lipinski definition) is 11. The van der Waals surface area contributed by atoms with Gasteiger partial charge >= 0.3 is 5.97 Å². The lowest BCUT2D eigenvalue weighted by molar-refractivity contribution is -0.140. The number of hydrogen-bond acceptors (Lipinski definition) is 17. The van der Waals surface area contributed by atoms with Crippen LogP contribution in [0, 0.1) is 17.8 Å². The highest BCUT2D eigenvalue weighted by Crippen LogP contribution is 2.27. The van der Waals surface area contributed by atoms with Crippen LogP contribution in [0.25, 0.3) is 0 Å². The second kappa shape index (κ2) is 32.5. The van der Waals surface area contributed by atoms with Crippen LogP contribution in [-0.4, -0.2) is 163 Å². The summed E-state index contributed by atoms with van der Waals surface area (Å²) in [7, 11) is 0. The fourth-order valence-electron chi connectivity index (χ4n) is 8.36. The Hall–Kier alpha value is -4.72. The lowest BCUT2D eigenvalue weighted by atomic mass is 9.82. The van der Waals surface area contributed by atoms with Gasteiger partial charge in [-0.05, 0) is 38.0 Å². The highest BCUT2D eigenvalue weighted by Gasteiger charge is 2.38. The molecule has 4 rings (SSSR count). The lowest BCUT2D eigenvalue weighted by Crippen LogP contribution is -2.54. The minimum atomic E-state index is -1.29. The molecule has 0 saturated carbocycles. The molecule has 72 heavy (non-hydrogen) atoms. The molecule has 8 N–H and O–H groups in total. The Morgan fingerprint density at radius 3 is 2.14 bits per heavy atom. The molecule has 2 fully saturated rings. The Bertz CT molecular complexity index is 2090. The fraction of sp³-hybridized carbons (Fsp3) is 0.660. The van der Waals surface area contributed by atoms with Gasteiger partial charge in [-0.1, -0.05) is 19.9 Å². The number of H-pyrrole nitrogens is 1. The molecular formula is C47H72N10O11S4. The zero-order valence-corrected chi connectivity index (χ0v) is 44.5. The van der Waals surface area contributed by atoms with Crippen LogP contribution in [0.2, 0.25) is 0 Å². The van der Waals surface area contributed by atoms with Crippen molar-refractivity contribution >= 4 is 115 Å². The molecular weight excluding hydrogens is 1010 g/mol. The topological polar surface area (TPSA) is 313 Å². The van der Waals surface area contributed by atoms with Crippen LogP contribution in [0.3, 0.4) is 0 Å². The van der Waals surface area contributed by atoms with Crippen LogP contribution in [0.15, 0.2) is 29.3 Å². The number of fused-ring (bicyclic) bond motifs is 1. The van der Waals surface area contributed by atoms with E-state index in [1.54, 1.807) is 11.1 Å². The number of aromatic nitrogens is 2. The summed E-state index contributed by atoms with van der Waals surface area (Å²) in [6.45, 7) is 4.81. The number of nitrogens with one attached hydrogen (secondary N) is 5. The van der Waals surface area contributed by atoms with Crippen molar-refractivity contribution in [3.63, 3.8) is 0 Å². The van der Waals surface area contributed by atoms with Gasteiger partial charge in [-0.15, -0.1) is 0 Å². The second-order valence-electron chi connectivity index (χ2n) is 18.3. The third-order valence-electron chi connectivity index (χ3n) is 12.2. The van der Waals surface area contributed by atoms with Crippen LogP contribution in [0.5, 0.6) is 0 Å². The van der Waals surface area contributed by atoms with E-state index in [2.05, 4.69) is 86.7 Å². The van der Waals surface area contributed by atoms with Gasteiger partial charge in [0.15, 0.2) is 11.6 Å². The molecule has 7 unspecified atom stereocenters. The number of carboxylic acids is 1. The van der Waals surface area contributed by atoms with E-state index in [4.69, 9.17) is 5.73 Å². The number of carbonyl (C=O) groups is 10. The minimum absolute atomic E-state index is 0.0442. The number of thiol groups is 4. The molecule has 0 aromatic carbocycles. The molecule has 3 aliphatic heterocycles. The first-order valence-electron chi connectivity index (χ1n) is 24.3. The van der Waals surface area contributed by atoms with Gasteiger partial charge in [-0.3, -0.25) is 52.9 Å². The third kappa shape index (κ3) is 21.8. The molecule has 21 nitrogen and oxygen atoms in total. The second-order valence-corrected chi connectivity index (χ2v) is 20.2. The van der Waals surface area contributed by atoms with E-state index in [9.17, 15) is 53.1 Å². The molecule has 3 aliphatic rings. The molecule has 1 aromatic rings. The van der Waals surface area contributed by atoms with Crippen LogP contribution in [-0.2, 0) is 54.4 Å². The monoisotopic (exact) mass is 1080 g/mol. The quantitative estimate of drug-likeness (QED) is 0.0776. The Morgan fingerprint density at radius 2 is 1.54 bits per heavy atom. The van der Waals surface area contributed by atoms with Gasteiger partial charge in [0.1, 0.15) is 17.9 Å². The van der Waals surface area contributed by atoms with E-state index in [0.717, 1.165) is 0 Å². The van der Waals surface area contributed by atoms with Crippen LogP contribution >= 0.6 is 50.5 Å². The molecule has 0 radical (unpaired) electrons. The van der Waals surface area contributed by atoms with E-state index in [0.29, 0.717) is 61.7 Å². The average molecular weight is 1080 g/mol. The normalized spacial score (nSPS) is 23.7. The number of amides is 6. The predicted octanol–water partition coefficient (Wildman–Crippen LogP) is 1.29. The van der Waals surface area contributed by atoms with Crippen molar-refractivity contribution < 1.29 is 53.1 Å². The van der Waals surface area contributed by atoms with Crippen molar-refractivity contribution in [1.82, 2.24) is 41.0 Å². The molecule has 400 valence electrons. The number of imidazole rings is 1. The Kier molecular flexibility index (Phi) is 27.8. The number of ketones is 3. The highest BCUT2D eigenvalue weighted by molar-refractivity contribution is 7.81. The Morgan fingerprint density at radius 1 is 0.861 bits per heavy atom. The number of Topliss-reactive ketones (excluding diaryl/α,β-unsaturated/α-hetero) is 3. The van der Waals surface area contributed by atoms with E-state index < -0.39 is 102 Å². The molecule has 4 heterocycles. The van der Waals surface area contributed by atoms with Gasteiger partial charge < -0.3 is 46.9 Å². The number of rotatable bonds is 17. The molecule has 0 spiro atoms. The summed E-state index contributed by atoms with van der Waals surface area (Å²) in [6.07, 6.45) is 6.88. The number of nitrogens with two attached hydrogens (primary N) is 1. The molecule has 2 saturated heterocycles. The van der Waals surface area contributed by atoms with E-state index in [1.165, 1.54) is 17.4 Å². The minimum Gasteiger partial charge on any atom is -0.481 e. The van der Waals surface area contributed by atoms with Gasteiger partial charge in [0.2, 0.25) is 35.4 Å². The summed E-state index contributed by atoms with van der Waals surface area (Å²) < 4.78 is 0. The van der Waals surface area contributed by atoms with Crippen molar-refractivity contribution in [3.8, 4) is 0 Å². The summed E-state index contributed by atoms with van der Waals surface area (Å²) in [5.41, 5.74) is 6.51. The maximum atomic E-state index is 14.2. The SMILES string of the molecule is CC(C)CC1CC(=O)C(CCC(=O)O)NC(=O)C2CCCN2C(=O)CNC(=O)CCC(=O)C(CS)NC(=O)C(Cc2cnc[nH]2)NC(=O)C(CC2=CCC=N2)CC1=O.NC(S)CCC(=O)N(CCS)CCS. The van der Waals surface area contributed by atoms with Crippen molar-refractivity contribution in [2.45, 2.75) is 133 Å². The maximum absolute atomic E-state index is 14.2. The highest BCUT2D eigenvalue weighted by atomic mass is 32.1. The van der Waals surface area contributed by atoms with Crippen molar-refractivity contribution in [3.05, 3.63) is 30.0 Å². The molecule has 25 heteroatoms. The van der Waals surface area contributed by atoms with Crippen LogP contribution < -0.4 is 27.0 Å². The fourth-order valence-corrected chi connectivity index (χ4v) is 9.27. The Labute approximate surface area is 442 Å². The summed E-state index contributed by atoms with van der Waals surface area (Å²) in [5, 5.41) is 19.8. The number of aromatic amines is 1. The number of carboxylic acid groups (broad SMARTS) is 1. The van der Waals surface area contributed by atoms with Gasteiger partial charge in [-0.2, -0.15) is 50.5 Å². The molecule has 1 aromatic heterocycles. The standard InChI is InChI=1S/C39H54N8O10S.C8H18N2OS3/c1-22(2)13-23-15-33(50)27(7-10-36(53)54)44-39(57)30-6-4-12-47(30)35(52)19-42-34(51)9-8-31(48)29(20-58)46-38(56)28(17-26-18-40-21-43-26)45-37(55)24(16-32(23)49)14-25-5-3-11-41-25;9-7(14)1-2-8(11)10(3-5-12)4-6-13/h5,11,18,21-24,27-30,58H,3-4,6-10,12-17,19-20H2,1-2H3,(H,40,43)(H,42,51)(H,44,57)(H,45,55)(H,46,56)(H,53,54);7,12-14H,1-6,9H2. The van der Waals surface area contributed by atoms with E-state index in [-0.39, 0.29) is 87.3 Å². The van der Waals surface area contributed by atoms with Gasteiger partial charge in [-0.25, -0.2) is 4.98 Å². The average Bonchev–Trinajstić information content (AvgIpc) is 4.16. The van der Waals surface area contributed by atoms with Gasteiger partial charge in [0.25, 0.3) is 0 Å². The number of aliphatic imine (C=N–C) groups is 1. The van der Waals surface area contributed by atoms with Gasteiger partial charge in [0.05, 0.1) is 30.9 Å². The first kappa shape index (κ1) is 61.6. The van der Waals surface area contributed by atoms with Crippen LogP contribution in [0.4, 0.5) is 0 Å². The smallest absolute Gasteiger partial charge is 0.303 e. The molecule has 0 bridgehead atoms. The summed E-state index contributed by atoms with van der Waals surface area (Å²) in [6, 6.07) is -4.66. The van der Waals surface area contributed by atoms with Crippen molar-refractivity contribution in [2.24, 2.45) is 28.5 Å². The zero-order chi connectivity index (χ0) is 53.3. The third-order valence-corrected chi connectivity index (χ3v) is 13.2. The summed E-state index contributed by atoms with van der Waals surface area (Å²) in [4.78, 5) is 146. The van der Waals surface area contributed by atoms with Crippen LogP contribution in [0.1, 0.15) is 103 Å². The van der Waals surface area contributed by atoms with Gasteiger partial charge in [0, 0.05) is 130 Å². The molecule has 7 atom stereocenters. The van der Waals surface area contributed by atoms with Crippen molar-refractivity contribution in [2.75, 3.05) is 43.4 Å². The zero-order valence-electron chi connectivity index (χ0n) is 41.0. The van der Waals surface area contributed by atoms with Crippen molar-refractivity contribution in [1.29, 1.82) is 0 Å². The summed E-state index contributed by atoms with van der Waals surface area (Å²) >= 11 is 16.5. The number of allylic oxidation sites excluding steroid dienone is 2. The largest absolute Gasteiger partial charge is 0.481 e. The Balaban J connectivity index is 0.000000848. The number of nitrogens with zero attached hydrogens (tertiary/aromatic N) is 4. The first-order chi connectivity index (χ1) is 34.3. The lowest BCUT2D eigenvalue weighted by Gasteiger charge is -2.28. The predicted molar refractivity (Wildman–Crippen MR) is 283 cm³/mol. The number of carbonyl (C=O) groups excluding carboxylic acids is 9. The van der Waals surface area contributed by atoms with E-state index in [1.807, 2.05) is 19.9 Å². The first-order valence-corrected chi connectivity index (χ1v) is 26.7. The van der Waals surface area contributed by atoms with E-state index >= 15 is 0 Å².